The molecule has 0 aromatic rings. The molecule has 0 rings (SSSR count). The van der Waals surface area contributed by atoms with E-state index in [0.717, 1.165) is 0 Å². The summed E-state index contributed by atoms with van der Waals surface area (Å²) in [5.41, 5.74) is 4.94. The first-order chi connectivity index (χ1) is 3.27. The zero-order chi connectivity index (χ0) is 5.70. The van der Waals surface area contributed by atoms with Gasteiger partial charge in [0.25, 0.3) is 0 Å². The van der Waals surface area contributed by atoms with Crippen LogP contribution in [-0.2, 0) is 0 Å². The van der Waals surface area contributed by atoms with Crippen LogP contribution in [0.25, 0.3) is 0 Å². The van der Waals surface area contributed by atoms with Crippen molar-refractivity contribution in [2.45, 2.75) is 0 Å². The highest BCUT2D eigenvalue weighted by atomic mass is 32.2. The summed E-state index contributed by atoms with van der Waals surface area (Å²) in [7, 11) is 3.80. The monoisotopic (exact) mass is 119 g/mol. The van der Waals surface area contributed by atoms with Crippen molar-refractivity contribution in [1.29, 1.82) is 0 Å². The SMILES string of the molecule is CN(C)S/N=C/N. The molecule has 0 bridgehead atoms. The predicted octanol–water partition coefficient (Wildman–Crippen LogP) is 0.0982. The molecule has 0 aliphatic heterocycles. The fourth-order valence-electron chi connectivity index (χ4n) is 0.121. The maximum atomic E-state index is 4.94. The molecule has 3 nitrogen and oxygen atoms in total. The molecule has 0 aromatic carbocycles. The lowest BCUT2D eigenvalue weighted by atomic mass is 11.3. The molecule has 4 heteroatoms. The summed E-state index contributed by atoms with van der Waals surface area (Å²) in [5, 5.41) is 0. The molecule has 0 saturated carbocycles. The van der Waals surface area contributed by atoms with E-state index in [2.05, 4.69) is 4.40 Å². The van der Waals surface area contributed by atoms with Gasteiger partial charge in [-0.2, -0.15) is 4.40 Å². The van der Waals surface area contributed by atoms with E-state index in [1.807, 2.05) is 18.4 Å². The zero-order valence-electron chi connectivity index (χ0n) is 4.46. The largest absolute Gasteiger partial charge is 0.389 e. The van der Waals surface area contributed by atoms with Crippen molar-refractivity contribution in [2.24, 2.45) is 10.1 Å². The molecule has 0 saturated heterocycles. The van der Waals surface area contributed by atoms with Gasteiger partial charge in [0.05, 0.1) is 18.5 Å². The van der Waals surface area contributed by atoms with Crippen LogP contribution in [0.4, 0.5) is 0 Å². The Kier molecular flexibility index (Phi) is 3.83. The molecule has 0 aromatic heterocycles. The van der Waals surface area contributed by atoms with Crippen molar-refractivity contribution < 1.29 is 0 Å². The summed E-state index contributed by atoms with van der Waals surface area (Å²) in [6.45, 7) is 0. The number of rotatable bonds is 2. The van der Waals surface area contributed by atoms with Crippen LogP contribution in [0.3, 0.4) is 0 Å². The smallest absolute Gasteiger partial charge is 0.0952 e. The van der Waals surface area contributed by atoms with E-state index in [0.29, 0.717) is 0 Å². The van der Waals surface area contributed by atoms with Crippen LogP contribution >= 0.6 is 12.1 Å². The van der Waals surface area contributed by atoms with Gasteiger partial charge in [-0.25, -0.2) is 4.31 Å². The Bertz CT molecular complexity index is 61.2. The van der Waals surface area contributed by atoms with Crippen LogP contribution in [0, 0.1) is 0 Å². The second kappa shape index (κ2) is 3.95. The van der Waals surface area contributed by atoms with Crippen LogP contribution < -0.4 is 5.73 Å². The number of hydrogen-bond donors (Lipinski definition) is 1. The van der Waals surface area contributed by atoms with Crippen molar-refractivity contribution in [2.75, 3.05) is 14.1 Å². The van der Waals surface area contributed by atoms with Gasteiger partial charge in [0.2, 0.25) is 0 Å². The molecule has 0 radical (unpaired) electrons. The lowest BCUT2D eigenvalue weighted by Gasteiger charge is -1.98. The highest BCUT2D eigenvalue weighted by Crippen LogP contribution is 2.00. The quantitative estimate of drug-likeness (QED) is 0.318. The fraction of sp³-hybridized carbons (Fsp3) is 0.667. The molecule has 0 heterocycles. The third-order valence-electron chi connectivity index (χ3n) is 0.271. The highest BCUT2D eigenvalue weighted by Gasteiger charge is 1.79. The second-order valence-electron chi connectivity index (χ2n) is 1.15. The number of hydrogen-bond acceptors (Lipinski definition) is 3. The zero-order valence-corrected chi connectivity index (χ0v) is 5.27. The fourth-order valence-corrected chi connectivity index (χ4v) is 0.364. The first-order valence-corrected chi connectivity index (χ1v) is 2.58. The van der Waals surface area contributed by atoms with E-state index in [4.69, 9.17) is 5.73 Å². The minimum Gasteiger partial charge on any atom is -0.389 e. The maximum Gasteiger partial charge on any atom is 0.0952 e. The van der Waals surface area contributed by atoms with E-state index in [-0.39, 0.29) is 0 Å². The van der Waals surface area contributed by atoms with Crippen molar-refractivity contribution in [3.63, 3.8) is 0 Å². The van der Waals surface area contributed by atoms with E-state index >= 15 is 0 Å². The summed E-state index contributed by atoms with van der Waals surface area (Å²) in [6.07, 6.45) is 1.27. The van der Waals surface area contributed by atoms with Crippen molar-refractivity contribution >= 4 is 18.5 Å². The molecule has 0 aliphatic rings. The van der Waals surface area contributed by atoms with Crippen molar-refractivity contribution in [3.8, 4) is 0 Å². The van der Waals surface area contributed by atoms with E-state index < -0.39 is 0 Å². The molecule has 0 amide bonds. The van der Waals surface area contributed by atoms with Gasteiger partial charge in [0, 0.05) is 0 Å². The molecule has 7 heavy (non-hydrogen) atoms. The van der Waals surface area contributed by atoms with Gasteiger partial charge >= 0.3 is 0 Å². The number of nitrogens with two attached hydrogens (primary N) is 1. The molecule has 42 valence electrons. The molecule has 2 N–H and O–H groups in total. The second-order valence-corrected chi connectivity index (χ2v) is 2.25. The minimum atomic E-state index is 1.27. The Morgan fingerprint density at radius 1 is 1.71 bits per heavy atom. The highest BCUT2D eigenvalue weighted by molar-refractivity contribution is 7.95. The van der Waals surface area contributed by atoms with E-state index in [1.54, 1.807) is 0 Å². The summed E-state index contributed by atoms with van der Waals surface area (Å²) in [6, 6.07) is 0. The minimum absolute atomic E-state index is 1.27. The van der Waals surface area contributed by atoms with Crippen molar-refractivity contribution in [1.82, 2.24) is 4.31 Å². The lowest BCUT2D eigenvalue weighted by molar-refractivity contribution is 0.704. The average molecular weight is 119 g/mol. The van der Waals surface area contributed by atoms with E-state index in [9.17, 15) is 0 Å². The molecule has 0 aliphatic carbocycles. The van der Waals surface area contributed by atoms with Crippen LogP contribution in [0.5, 0.6) is 0 Å². The predicted molar refractivity (Wildman–Crippen MR) is 34.0 cm³/mol. The van der Waals surface area contributed by atoms with Crippen molar-refractivity contribution in [3.05, 3.63) is 0 Å². The Balaban J connectivity index is 2.97. The molecule has 0 fully saturated rings. The first kappa shape index (κ1) is 6.78. The summed E-state index contributed by atoms with van der Waals surface area (Å²) < 4.78 is 5.52. The Morgan fingerprint density at radius 3 is 2.43 bits per heavy atom. The summed E-state index contributed by atoms with van der Waals surface area (Å²) >= 11 is 1.31. The Hall–Kier alpha value is -0.220. The molecular formula is C3H9N3S. The Labute approximate surface area is 47.9 Å². The molecule has 0 spiro atoms. The molecular weight excluding hydrogens is 110 g/mol. The summed E-state index contributed by atoms with van der Waals surface area (Å²) in [5.74, 6) is 0. The van der Waals surface area contributed by atoms with Crippen LogP contribution in [-0.4, -0.2) is 24.7 Å². The van der Waals surface area contributed by atoms with Gasteiger partial charge in [-0.15, -0.1) is 0 Å². The van der Waals surface area contributed by atoms with Gasteiger partial charge in [0.15, 0.2) is 0 Å². The topological polar surface area (TPSA) is 41.6 Å². The van der Waals surface area contributed by atoms with Gasteiger partial charge < -0.3 is 5.73 Å². The van der Waals surface area contributed by atoms with Gasteiger partial charge in [-0.3, -0.25) is 0 Å². The first-order valence-electron chi connectivity index (χ1n) is 1.85. The van der Waals surface area contributed by atoms with E-state index in [1.165, 1.54) is 18.5 Å². The van der Waals surface area contributed by atoms with Gasteiger partial charge in [-0.05, 0) is 14.1 Å². The molecule has 0 unspecified atom stereocenters. The van der Waals surface area contributed by atoms with Gasteiger partial charge in [-0.1, -0.05) is 0 Å². The normalized spacial score (nSPS) is 11.3. The average Bonchev–Trinajstić information content (AvgIpc) is 1.61. The Morgan fingerprint density at radius 2 is 2.29 bits per heavy atom. The maximum absolute atomic E-state index is 4.94. The van der Waals surface area contributed by atoms with Crippen LogP contribution in [0.2, 0.25) is 0 Å². The standard InChI is InChI=1S/C3H9N3S/c1-6(2)7-5-3-4/h3H,1-2H3,(H2,4,5). The lowest BCUT2D eigenvalue weighted by Crippen LogP contribution is -1.97. The van der Waals surface area contributed by atoms with Gasteiger partial charge in [0.1, 0.15) is 0 Å². The molecule has 0 atom stereocenters. The van der Waals surface area contributed by atoms with Crippen LogP contribution in [0.15, 0.2) is 4.40 Å². The summed E-state index contributed by atoms with van der Waals surface area (Å²) in [4.78, 5) is 0. The third kappa shape index (κ3) is 5.78. The third-order valence-corrected chi connectivity index (χ3v) is 0.814. The number of nitrogens with zero attached hydrogens (tertiary/aromatic N) is 2. The van der Waals surface area contributed by atoms with Crippen LogP contribution in [0.1, 0.15) is 0 Å².